The van der Waals surface area contributed by atoms with Crippen molar-refractivity contribution in [1.29, 1.82) is 0 Å². The number of nitrogens with one attached hydrogen (secondary N) is 2. The van der Waals surface area contributed by atoms with Gasteiger partial charge in [-0.3, -0.25) is 33.4 Å². The van der Waals surface area contributed by atoms with Crippen LogP contribution in [0.4, 0.5) is 0 Å². The molecule has 21 nitrogen and oxygen atoms in total. The second kappa shape index (κ2) is 19.1. The summed E-state index contributed by atoms with van der Waals surface area (Å²) in [6, 6.07) is 2.53. The van der Waals surface area contributed by atoms with E-state index in [4.69, 9.17) is 23.7 Å². The molecule has 1 aromatic rings. The third kappa shape index (κ3) is 13.0. The molecule has 4 amide bonds. The van der Waals surface area contributed by atoms with Crippen LogP contribution >= 0.6 is 0 Å². The summed E-state index contributed by atoms with van der Waals surface area (Å²) in [6.45, 7) is 3.85. The Bertz CT molecular complexity index is 1680. The van der Waals surface area contributed by atoms with E-state index in [1.807, 2.05) is 0 Å². The predicted octanol–water partition coefficient (Wildman–Crippen LogP) is -2.75. The number of ether oxygens (including phenoxy) is 5. The monoisotopic (exact) mass is 789 g/mol. The lowest BCUT2D eigenvalue weighted by Crippen LogP contribution is -2.61. The van der Waals surface area contributed by atoms with Gasteiger partial charge in [0.25, 0.3) is 21.9 Å². The zero-order valence-electron chi connectivity index (χ0n) is 29.4. The van der Waals surface area contributed by atoms with Gasteiger partial charge in [-0.05, 0) is 32.9 Å². The van der Waals surface area contributed by atoms with Crippen LogP contribution in [0.15, 0.2) is 30.4 Å². The number of hydrogen-bond acceptors (Lipinski definition) is 16. The topological polar surface area (TPSA) is 311 Å². The van der Waals surface area contributed by atoms with Crippen molar-refractivity contribution >= 4 is 45.7 Å². The van der Waals surface area contributed by atoms with Gasteiger partial charge in [-0.1, -0.05) is 0 Å². The van der Waals surface area contributed by atoms with Gasteiger partial charge in [0.1, 0.15) is 54.8 Å². The maximum absolute atomic E-state index is 12.6. The summed E-state index contributed by atoms with van der Waals surface area (Å²) in [6.07, 6.45) is -7.89. The molecule has 0 radical (unpaired) electrons. The Kier molecular flexibility index (Phi) is 15.4. The smallest absolute Gasteiger partial charge is 0.335 e. The number of nitrogens with zero attached hydrogens (tertiary/aromatic N) is 1. The zero-order chi connectivity index (χ0) is 40.4. The van der Waals surface area contributed by atoms with E-state index < -0.39 is 100 Å². The predicted molar refractivity (Wildman–Crippen MR) is 179 cm³/mol. The summed E-state index contributed by atoms with van der Waals surface area (Å²) in [5, 5.41) is 44.5. The Labute approximate surface area is 308 Å². The number of aliphatic carboxylic acids is 1. The molecule has 7 N–H and O–H groups in total. The molecule has 22 heteroatoms. The van der Waals surface area contributed by atoms with Gasteiger partial charge in [0.2, 0.25) is 18.1 Å². The molecular formula is C32H43N3O18S. The van der Waals surface area contributed by atoms with Crippen molar-refractivity contribution in [3.63, 3.8) is 0 Å². The summed E-state index contributed by atoms with van der Waals surface area (Å²) in [4.78, 5) is 72.9. The summed E-state index contributed by atoms with van der Waals surface area (Å²) in [5.41, 5.74) is -0.603. The van der Waals surface area contributed by atoms with Crippen LogP contribution in [-0.2, 0) is 59.7 Å². The fraction of sp³-hybridized carbons (Fsp3) is 0.562. The lowest BCUT2D eigenvalue weighted by Gasteiger charge is -2.38. The van der Waals surface area contributed by atoms with Crippen molar-refractivity contribution in [2.45, 2.75) is 70.5 Å². The Balaban J connectivity index is 1.54. The van der Waals surface area contributed by atoms with Gasteiger partial charge >= 0.3 is 11.9 Å². The summed E-state index contributed by atoms with van der Waals surface area (Å²) in [5.74, 6) is -6.36. The maximum atomic E-state index is 12.6. The molecular weight excluding hydrogens is 746 g/mol. The molecule has 3 rings (SSSR count). The molecule has 2 aliphatic heterocycles. The molecule has 0 saturated carbocycles. The fourth-order valence-electron chi connectivity index (χ4n) is 4.70. The molecule has 0 aromatic heterocycles. The number of carboxylic acid groups (broad SMARTS) is 1. The lowest BCUT2D eigenvalue weighted by molar-refractivity contribution is -0.271. The van der Waals surface area contributed by atoms with Crippen molar-refractivity contribution in [3.8, 4) is 11.5 Å². The highest BCUT2D eigenvalue weighted by Gasteiger charge is 2.48. The number of carboxylic acids is 1. The highest BCUT2D eigenvalue weighted by molar-refractivity contribution is 7.85. The normalized spacial score (nSPS) is 22.1. The Morgan fingerprint density at radius 1 is 0.981 bits per heavy atom. The standard InChI is InChI=1S/C32H43N3O18S/c1-32(2,3)31(45)51-15-17-4-5-18(14-20(17)52-30-26(41)24(39)25(40)27(53-30)29(43)44)50-13-12-49-11-9-33-28(42)19(16-54(46,47)48)34-21(36)8-10-35-22(37)6-7-23(35)38/h4-7,14,19,24-27,30,39-41H,8-13,15-16H2,1-3H3,(H,33,42)(H,34,36)(H,43,44)(H,46,47,48)/t19-,24-,25-,26+,27-,30+/m0/s1. The number of amides is 4. The Hall–Kier alpha value is -4.71. The lowest BCUT2D eigenvalue weighted by atomic mass is 9.97. The highest BCUT2D eigenvalue weighted by Crippen LogP contribution is 2.31. The van der Waals surface area contributed by atoms with Gasteiger partial charge in [-0.2, -0.15) is 8.42 Å². The van der Waals surface area contributed by atoms with Gasteiger partial charge in [0.15, 0.2) is 6.10 Å². The molecule has 6 atom stereocenters. The molecule has 1 fully saturated rings. The number of aliphatic hydroxyl groups excluding tert-OH is 3. The molecule has 1 aromatic carbocycles. The molecule has 0 spiro atoms. The van der Waals surface area contributed by atoms with E-state index in [2.05, 4.69) is 10.6 Å². The first-order chi connectivity index (χ1) is 25.2. The highest BCUT2D eigenvalue weighted by atomic mass is 32.2. The van der Waals surface area contributed by atoms with Crippen molar-refractivity contribution in [1.82, 2.24) is 15.5 Å². The minimum Gasteiger partial charge on any atom is -0.491 e. The van der Waals surface area contributed by atoms with Crippen LogP contribution in [0.1, 0.15) is 32.8 Å². The summed E-state index contributed by atoms with van der Waals surface area (Å²) >= 11 is 0. The number of imide groups is 1. The first kappa shape index (κ1) is 43.7. The van der Waals surface area contributed by atoms with E-state index in [1.54, 1.807) is 20.8 Å². The third-order valence-corrected chi connectivity index (χ3v) is 8.35. The van der Waals surface area contributed by atoms with Crippen LogP contribution in [0, 0.1) is 5.41 Å². The number of rotatable bonds is 19. The number of esters is 1. The second-order valence-electron chi connectivity index (χ2n) is 13.0. The summed E-state index contributed by atoms with van der Waals surface area (Å²) < 4.78 is 59.5. The average Bonchev–Trinajstić information content (AvgIpc) is 3.40. The van der Waals surface area contributed by atoms with E-state index >= 15 is 0 Å². The minimum absolute atomic E-state index is 0.0557. The van der Waals surface area contributed by atoms with Crippen molar-refractivity contribution in [2.75, 3.05) is 38.7 Å². The van der Waals surface area contributed by atoms with Crippen LogP contribution < -0.4 is 20.1 Å². The molecule has 300 valence electrons. The number of aliphatic hydroxyl groups is 3. The maximum Gasteiger partial charge on any atom is 0.335 e. The first-order valence-corrected chi connectivity index (χ1v) is 17.9. The third-order valence-electron chi connectivity index (χ3n) is 7.60. The van der Waals surface area contributed by atoms with Crippen molar-refractivity contribution < 1.29 is 85.8 Å². The quantitative estimate of drug-likeness (QED) is 0.0323. The SMILES string of the molecule is CC(C)(C)C(=O)OCc1ccc(OCCOCCNC(=O)[C@H](CS(=O)(=O)O)NC(=O)CCN2C(=O)C=CC2=O)cc1O[C@@H]1O[C@H](C(=O)O)[C@@H](O)[C@H](O)[C@H]1O. The van der Waals surface area contributed by atoms with Gasteiger partial charge < -0.3 is 54.7 Å². The second-order valence-corrected chi connectivity index (χ2v) is 14.5. The number of benzene rings is 1. The number of carbonyl (C=O) groups is 6. The van der Waals surface area contributed by atoms with E-state index in [0.717, 1.165) is 17.1 Å². The Morgan fingerprint density at radius 2 is 1.65 bits per heavy atom. The van der Waals surface area contributed by atoms with Gasteiger partial charge in [-0.25, -0.2) is 4.79 Å². The van der Waals surface area contributed by atoms with E-state index in [0.29, 0.717) is 0 Å². The van der Waals surface area contributed by atoms with Crippen LogP contribution in [0.25, 0.3) is 0 Å². The minimum atomic E-state index is -4.72. The van der Waals surface area contributed by atoms with Crippen LogP contribution in [0.5, 0.6) is 11.5 Å². The molecule has 0 aliphatic carbocycles. The first-order valence-electron chi connectivity index (χ1n) is 16.3. The molecule has 0 bridgehead atoms. The molecule has 2 heterocycles. The van der Waals surface area contributed by atoms with Crippen LogP contribution in [0.2, 0.25) is 0 Å². The zero-order valence-corrected chi connectivity index (χ0v) is 30.2. The van der Waals surface area contributed by atoms with Gasteiger partial charge in [0, 0.05) is 43.3 Å². The van der Waals surface area contributed by atoms with Gasteiger partial charge in [0.05, 0.1) is 18.6 Å². The molecule has 0 unspecified atom stereocenters. The Morgan fingerprint density at radius 3 is 2.26 bits per heavy atom. The molecule has 2 aliphatic rings. The van der Waals surface area contributed by atoms with Crippen LogP contribution in [0.3, 0.4) is 0 Å². The van der Waals surface area contributed by atoms with E-state index in [1.165, 1.54) is 18.2 Å². The summed E-state index contributed by atoms with van der Waals surface area (Å²) in [7, 11) is -4.72. The fourth-order valence-corrected chi connectivity index (χ4v) is 5.36. The van der Waals surface area contributed by atoms with Crippen molar-refractivity contribution in [3.05, 3.63) is 35.9 Å². The number of carbonyl (C=O) groups excluding carboxylic acids is 5. The van der Waals surface area contributed by atoms with Crippen molar-refractivity contribution in [2.24, 2.45) is 5.41 Å². The molecule has 54 heavy (non-hydrogen) atoms. The van der Waals surface area contributed by atoms with E-state index in [-0.39, 0.29) is 56.6 Å². The average molecular weight is 790 g/mol. The largest absolute Gasteiger partial charge is 0.491 e. The number of hydrogen-bond donors (Lipinski definition) is 7. The molecule has 1 saturated heterocycles. The van der Waals surface area contributed by atoms with Gasteiger partial charge in [-0.15, -0.1) is 0 Å². The van der Waals surface area contributed by atoms with Crippen LogP contribution in [-0.4, -0.2) is 149 Å². The van der Waals surface area contributed by atoms with E-state index in [9.17, 15) is 62.2 Å².